The molecule has 0 saturated heterocycles. The molecule has 3 N–H and O–H groups in total. The molecule has 112 valence electrons. The molecule has 0 heterocycles. The molecular weight excluding hydrogens is 254 g/mol. The van der Waals surface area contributed by atoms with Crippen molar-refractivity contribution in [3.63, 3.8) is 0 Å². The van der Waals surface area contributed by atoms with Crippen LogP contribution in [-0.2, 0) is 16.0 Å². The molecule has 1 aromatic carbocycles. The number of hydrogen-bond acceptors (Lipinski definition) is 4. The third kappa shape index (κ3) is 5.61. The maximum atomic E-state index is 12.0. The van der Waals surface area contributed by atoms with Crippen molar-refractivity contribution in [1.82, 2.24) is 0 Å². The molecule has 0 aromatic heterocycles. The molecule has 0 aliphatic rings. The van der Waals surface area contributed by atoms with Crippen LogP contribution in [0.3, 0.4) is 0 Å². The molecule has 0 bridgehead atoms. The first-order chi connectivity index (χ1) is 9.34. The summed E-state index contributed by atoms with van der Waals surface area (Å²) in [6, 6.07) is 5.99. The second-order valence-electron chi connectivity index (χ2n) is 5.76. The van der Waals surface area contributed by atoms with E-state index in [0.29, 0.717) is 6.42 Å². The number of aromatic hydroxyl groups is 1. The average Bonchev–Trinajstić information content (AvgIpc) is 2.38. The molecule has 0 amide bonds. The number of unbranched alkanes of at least 4 members (excludes halogenated alkanes) is 1. The van der Waals surface area contributed by atoms with Gasteiger partial charge >= 0.3 is 5.97 Å². The second-order valence-corrected chi connectivity index (χ2v) is 5.76. The van der Waals surface area contributed by atoms with Crippen molar-refractivity contribution >= 4 is 5.97 Å². The predicted octanol–water partition coefficient (Wildman–Crippen LogP) is 2.77. The van der Waals surface area contributed by atoms with Crippen LogP contribution in [-0.4, -0.2) is 22.7 Å². The summed E-state index contributed by atoms with van der Waals surface area (Å²) < 4.78 is 5.48. The van der Waals surface area contributed by atoms with Crippen molar-refractivity contribution < 1.29 is 14.6 Å². The van der Waals surface area contributed by atoms with Crippen LogP contribution in [0, 0.1) is 0 Å². The van der Waals surface area contributed by atoms with Gasteiger partial charge in [0.15, 0.2) is 0 Å². The van der Waals surface area contributed by atoms with Crippen LogP contribution >= 0.6 is 0 Å². The van der Waals surface area contributed by atoms with Crippen LogP contribution in [0.15, 0.2) is 24.3 Å². The summed E-state index contributed by atoms with van der Waals surface area (Å²) in [7, 11) is 0. The minimum atomic E-state index is -0.680. The Labute approximate surface area is 120 Å². The van der Waals surface area contributed by atoms with Gasteiger partial charge in [-0.15, -0.1) is 0 Å². The Morgan fingerprint density at radius 1 is 1.35 bits per heavy atom. The third-order valence-corrected chi connectivity index (χ3v) is 3.20. The summed E-state index contributed by atoms with van der Waals surface area (Å²) in [5.41, 5.74) is 6.32. The van der Waals surface area contributed by atoms with E-state index in [9.17, 15) is 9.90 Å². The van der Waals surface area contributed by atoms with E-state index in [4.69, 9.17) is 10.5 Å². The molecule has 0 aliphatic heterocycles. The van der Waals surface area contributed by atoms with Crippen molar-refractivity contribution in [1.29, 1.82) is 0 Å². The zero-order chi connectivity index (χ0) is 15.2. The molecule has 0 fully saturated rings. The van der Waals surface area contributed by atoms with Crippen LogP contribution in [0.1, 0.15) is 45.6 Å². The van der Waals surface area contributed by atoms with Crippen LogP contribution in [0.25, 0.3) is 0 Å². The molecule has 0 unspecified atom stereocenters. The summed E-state index contributed by atoms with van der Waals surface area (Å²) in [4.78, 5) is 12.0. The summed E-state index contributed by atoms with van der Waals surface area (Å²) in [6.45, 7) is 5.93. The summed E-state index contributed by atoms with van der Waals surface area (Å²) in [5, 5.41) is 9.21. The number of carbonyl (C=O) groups excluding carboxylic acids is 1. The van der Waals surface area contributed by atoms with E-state index in [1.54, 1.807) is 24.3 Å². The van der Waals surface area contributed by atoms with Gasteiger partial charge in [0.2, 0.25) is 0 Å². The van der Waals surface area contributed by atoms with E-state index in [-0.39, 0.29) is 11.7 Å². The van der Waals surface area contributed by atoms with Gasteiger partial charge in [-0.25, -0.2) is 0 Å². The molecule has 0 radical (unpaired) electrons. The quantitative estimate of drug-likeness (QED) is 0.753. The molecule has 1 atom stereocenters. The Morgan fingerprint density at radius 2 is 1.95 bits per heavy atom. The number of phenolic OH excluding ortho intramolecular Hbond substituents is 1. The zero-order valence-electron chi connectivity index (χ0n) is 12.6. The maximum Gasteiger partial charge on any atom is 0.323 e. The highest BCUT2D eigenvalue weighted by molar-refractivity contribution is 5.76. The molecule has 0 aliphatic carbocycles. The van der Waals surface area contributed by atoms with E-state index in [2.05, 4.69) is 6.92 Å². The molecule has 1 aromatic rings. The highest BCUT2D eigenvalue weighted by Gasteiger charge is 2.25. The van der Waals surface area contributed by atoms with Gasteiger partial charge in [0.05, 0.1) is 0 Å². The lowest BCUT2D eigenvalue weighted by atomic mass is 10.0. The largest absolute Gasteiger partial charge is 0.508 e. The lowest BCUT2D eigenvalue weighted by molar-refractivity contribution is -0.158. The van der Waals surface area contributed by atoms with Crippen molar-refractivity contribution in [2.75, 3.05) is 0 Å². The molecule has 0 saturated carbocycles. The Morgan fingerprint density at radius 3 is 2.50 bits per heavy atom. The summed E-state index contributed by atoms with van der Waals surface area (Å²) in [6.07, 6.45) is 3.33. The Kier molecular flexibility index (Phi) is 6.02. The van der Waals surface area contributed by atoms with E-state index >= 15 is 0 Å². The lowest BCUT2D eigenvalue weighted by Crippen LogP contribution is -2.40. The number of carbonyl (C=O) groups is 1. The van der Waals surface area contributed by atoms with Gasteiger partial charge < -0.3 is 15.6 Å². The fourth-order valence-corrected chi connectivity index (χ4v) is 1.97. The number of nitrogens with two attached hydrogens (primary N) is 1. The number of hydrogen-bond donors (Lipinski definition) is 2. The van der Waals surface area contributed by atoms with Crippen LogP contribution < -0.4 is 5.73 Å². The van der Waals surface area contributed by atoms with Crippen LogP contribution in [0.5, 0.6) is 5.75 Å². The SMILES string of the molecule is CCCCC(C)(C)OC(=O)[C@@H](N)Cc1ccc(O)cc1. The highest BCUT2D eigenvalue weighted by Crippen LogP contribution is 2.19. The minimum absolute atomic E-state index is 0.200. The van der Waals surface area contributed by atoms with Crippen molar-refractivity contribution in [2.24, 2.45) is 5.73 Å². The maximum absolute atomic E-state index is 12.0. The Hall–Kier alpha value is -1.55. The highest BCUT2D eigenvalue weighted by atomic mass is 16.6. The van der Waals surface area contributed by atoms with Gasteiger partial charge in [-0.05, 0) is 50.8 Å². The molecule has 0 spiro atoms. The smallest absolute Gasteiger partial charge is 0.323 e. The van der Waals surface area contributed by atoms with Gasteiger partial charge in [0.25, 0.3) is 0 Å². The first kappa shape index (κ1) is 16.5. The number of benzene rings is 1. The summed E-state index contributed by atoms with van der Waals surface area (Å²) >= 11 is 0. The molecule has 1 rings (SSSR count). The molecular formula is C16H25NO3. The van der Waals surface area contributed by atoms with Gasteiger partial charge in [0, 0.05) is 0 Å². The second kappa shape index (κ2) is 7.29. The van der Waals surface area contributed by atoms with Gasteiger partial charge in [-0.3, -0.25) is 4.79 Å². The van der Waals surface area contributed by atoms with E-state index in [1.807, 2.05) is 13.8 Å². The monoisotopic (exact) mass is 279 g/mol. The van der Waals surface area contributed by atoms with Gasteiger partial charge in [-0.2, -0.15) is 0 Å². The van der Waals surface area contributed by atoms with Crippen molar-refractivity contribution in [3.05, 3.63) is 29.8 Å². The van der Waals surface area contributed by atoms with Gasteiger partial charge in [0.1, 0.15) is 17.4 Å². The summed E-state index contributed by atoms with van der Waals surface area (Å²) in [5.74, 6) is -0.176. The van der Waals surface area contributed by atoms with Crippen molar-refractivity contribution in [2.45, 2.75) is 58.1 Å². The molecule has 4 heteroatoms. The topological polar surface area (TPSA) is 72.5 Å². The fraction of sp³-hybridized carbons (Fsp3) is 0.562. The van der Waals surface area contributed by atoms with Crippen LogP contribution in [0.2, 0.25) is 0 Å². The molecule has 4 nitrogen and oxygen atoms in total. The minimum Gasteiger partial charge on any atom is -0.508 e. The predicted molar refractivity (Wildman–Crippen MR) is 79.5 cm³/mol. The first-order valence-electron chi connectivity index (χ1n) is 7.10. The third-order valence-electron chi connectivity index (χ3n) is 3.20. The normalized spacial score (nSPS) is 13.0. The Bertz CT molecular complexity index is 426. The van der Waals surface area contributed by atoms with E-state index in [1.165, 1.54) is 0 Å². The number of rotatable bonds is 7. The Balaban J connectivity index is 2.52. The zero-order valence-corrected chi connectivity index (χ0v) is 12.6. The van der Waals surface area contributed by atoms with E-state index < -0.39 is 11.6 Å². The standard InChI is InChI=1S/C16H25NO3/c1-4-5-10-16(2,3)20-15(19)14(17)11-12-6-8-13(18)9-7-12/h6-9,14,18H,4-5,10-11,17H2,1-3H3/t14-/m0/s1. The number of esters is 1. The number of phenols is 1. The van der Waals surface area contributed by atoms with E-state index in [0.717, 1.165) is 24.8 Å². The fourth-order valence-electron chi connectivity index (χ4n) is 1.97. The van der Waals surface area contributed by atoms with Crippen LogP contribution in [0.4, 0.5) is 0 Å². The van der Waals surface area contributed by atoms with Gasteiger partial charge in [-0.1, -0.05) is 25.5 Å². The first-order valence-corrected chi connectivity index (χ1v) is 7.10. The molecule has 20 heavy (non-hydrogen) atoms. The van der Waals surface area contributed by atoms with Crippen molar-refractivity contribution in [3.8, 4) is 5.75 Å². The lowest BCUT2D eigenvalue weighted by Gasteiger charge is -2.26. The average molecular weight is 279 g/mol. The number of ether oxygens (including phenoxy) is 1.